The number of anilines is 1. The van der Waals surface area contributed by atoms with Gasteiger partial charge in [0.15, 0.2) is 0 Å². The van der Waals surface area contributed by atoms with Gasteiger partial charge in [-0.1, -0.05) is 12.1 Å². The number of hydrogen-bond donors (Lipinski definition) is 3. The maximum Gasteiger partial charge on any atom is 0.405 e. The van der Waals surface area contributed by atoms with E-state index >= 15 is 0 Å². The number of carbonyl (C=O) groups is 2. The molecule has 1 aromatic carbocycles. The summed E-state index contributed by atoms with van der Waals surface area (Å²) in [5, 5.41) is 13.3. The first-order valence-corrected chi connectivity index (χ1v) is 6.37. The lowest BCUT2D eigenvalue weighted by atomic mass is 10.1. The standard InChI is InChI=1S/C15H15N3O3/c1-10(17-15(20)21)14(19)18-13-4-2-11(3-5-13)12-6-8-16-9-7-12/h2-10,17H,1H3,(H,18,19)(H,20,21)/t10-/m1/s1. The minimum absolute atomic E-state index is 0.408. The molecule has 0 spiro atoms. The van der Waals surface area contributed by atoms with Crippen LogP contribution in [0.25, 0.3) is 11.1 Å². The maximum absolute atomic E-state index is 11.8. The Hall–Kier alpha value is -2.89. The molecule has 3 N–H and O–H groups in total. The van der Waals surface area contributed by atoms with Crippen LogP contribution in [0.2, 0.25) is 0 Å². The fourth-order valence-corrected chi connectivity index (χ4v) is 1.79. The van der Waals surface area contributed by atoms with Crippen molar-refractivity contribution in [2.75, 3.05) is 5.32 Å². The van der Waals surface area contributed by atoms with Gasteiger partial charge in [0.05, 0.1) is 0 Å². The van der Waals surface area contributed by atoms with Gasteiger partial charge >= 0.3 is 6.09 Å². The minimum Gasteiger partial charge on any atom is -0.465 e. The molecule has 6 heteroatoms. The maximum atomic E-state index is 11.8. The van der Waals surface area contributed by atoms with Crippen LogP contribution >= 0.6 is 0 Å². The SMILES string of the molecule is C[C@@H](NC(=O)O)C(=O)Nc1ccc(-c2ccncc2)cc1. The van der Waals surface area contributed by atoms with Crippen molar-refractivity contribution in [3.63, 3.8) is 0 Å². The van der Waals surface area contributed by atoms with Gasteiger partial charge in [-0.15, -0.1) is 0 Å². The molecule has 0 bridgehead atoms. The smallest absolute Gasteiger partial charge is 0.405 e. The molecule has 21 heavy (non-hydrogen) atoms. The Morgan fingerprint density at radius 2 is 1.62 bits per heavy atom. The van der Waals surface area contributed by atoms with Crippen molar-refractivity contribution in [3.05, 3.63) is 48.8 Å². The second kappa shape index (κ2) is 6.51. The van der Waals surface area contributed by atoms with E-state index in [4.69, 9.17) is 5.11 Å². The molecule has 2 rings (SSSR count). The molecule has 0 saturated carbocycles. The van der Waals surface area contributed by atoms with Gasteiger partial charge < -0.3 is 15.7 Å². The van der Waals surface area contributed by atoms with E-state index in [2.05, 4.69) is 15.6 Å². The van der Waals surface area contributed by atoms with Crippen molar-refractivity contribution < 1.29 is 14.7 Å². The second-order valence-corrected chi connectivity index (χ2v) is 4.47. The molecule has 1 heterocycles. The lowest BCUT2D eigenvalue weighted by Crippen LogP contribution is -2.40. The summed E-state index contributed by atoms with van der Waals surface area (Å²) in [6, 6.07) is 10.3. The van der Waals surface area contributed by atoms with Crippen molar-refractivity contribution in [2.45, 2.75) is 13.0 Å². The van der Waals surface area contributed by atoms with Crippen LogP contribution in [0.5, 0.6) is 0 Å². The van der Waals surface area contributed by atoms with Gasteiger partial charge in [0.1, 0.15) is 6.04 Å². The topological polar surface area (TPSA) is 91.3 Å². The summed E-state index contributed by atoms with van der Waals surface area (Å²) in [5.41, 5.74) is 2.65. The van der Waals surface area contributed by atoms with E-state index in [-0.39, 0.29) is 0 Å². The van der Waals surface area contributed by atoms with Crippen molar-refractivity contribution >= 4 is 17.7 Å². The number of hydrogen-bond acceptors (Lipinski definition) is 3. The zero-order chi connectivity index (χ0) is 15.2. The molecule has 0 aliphatic carbocycles. The predicted molar refractivity (Wildman–Crippen MR) is 78.9 cm³/mol. The van der Waals surface area contributed by atoms with Crippen molar-refractivity contribution in [3.8, 4) is 11.1 Å². The molecule has 2 aromatic rings. The minimum atomic E-state index is -1.23. The van der Waals surface area contributed by atoms with Crippen LogP contribution in [0.3, 0.4) is 0 Å². The Kier molecular flexibility index (Phi) is 4.50. The van der Waals surface area contributed by atoms with E-state index < -0.39 is 18.0 Å². The third-order valence-corrected chi connectivity index (χ3v) is 2.90. The Morgan fingerprint density at radius 1 is 1.05 bits per heavy atom. The Bertz CT molecular complexity index is 626. The van der Waals surface area contributed by atoms with Gasteiger partial charge in [0.2, 0.25) is 5.91 Å². The second-order valence-electron chi connectivity index (χ2n) is 4.47. The highest BCUT2D eigenvalue weighted by molar-refractivity contribution is 5.96. The number of carbonyl (C=O) groups excluding carboxylic acids is 1. The number of nitrogens with one attached hydrogen (secondary N) is 2. The molecule has 108 valence electrons. The molecule has 0 aliphatic heterocycles. The summed E-state index contributed by atoms with van der Waals surface area (Å²) in [6.07, 6.45) is 2.19. The molecule has 0 radical (unpaired) electrons. The van der Waals surface area contributed by atoms with Gasteiger partial charge in [-0.2, -0.15) is 0 Å². The fraction of sp³-hybridized carbons (Fsp3) is 0.133. The number of nitrogens with zero attached hydrogens (tertiary/aromatic N) is 1. The lowest BCUT2D eigenvalue weighted by Gasteiger charge is -2.12. The van der Waals surface area contributed by atoms with Crippen molar-refractivity contribution in [1.82, 2.24) is 10.3 Å². The fourth-order valence-electron chi connectivity index (χ4n) is 1.79. The van der Waals surface area contributed by atoms with E-state index in [1.165, 1.54) is 6.92 Å². The van der Waals surface area contributed by atoms with Gasteiger partial charge in [0.25, 0.3) is 0 Å². The van der Waals surface area contributed by atoms with Crippen LogP contribution in [0.4, 0.5) is 10.5 Å². The number of aromatic nitrogens is 1. The van der Waals surface area contributed by atoms with Crippen LogP contribution in [-0.4, -0.2) is 28.1 Å². The summed E-state index contributed by atoms with van der Waals surface area (Å²) in [5.74, 6) is -0.408. The van der Waals surface area contributed by atoms with Crippen LogP contribution in [0, 0.1) is 0 Å². The summed E-state index contributed by atoms with van der Waals surface area (Å²) in [6.45, 7) is 1.48. The van der Waals surface area contributed by atoms with Crippen LogP contribution in [-0.2, 0) is 4.79 Å². The largest absolute Gasteiger partial charge is 0.465 e. The number of amides is 2. The Labute approximate surface area is 121 Å². The molecule has 1 aromatic heterocycles. The monoisotopic (exact) mass is 285 g/mol. The van der Waals surface area contributed by atoms with Crippen LogP contribution < -0.4 is 10.6 Å². The first kappa shape index (κ1) is 14.5. The summed E-state index contributed by atoms with van der Waals surface area (Å²) in [7, 11) is 0. The third kappa shape index (κ3) is 4.04. The molecule has 0 saturated heterocycles. The van der Waals surface area contributed by atoms with Crippen molar-refractivity contribution in [1.29, 1.82) is 0 Å². The molecule has 2 amide bonds. The van der Waals surface area contributed by atoms with E-state index in [0.29, 0.717) is 5.69 Å². The highest BCUT2D eigenvalue weighted by atomic mass is 16.4. The van der Waals surface area contributed by atoms with Gasteiger partial charge in [0, 0.05) is 18.1 Å². The quantitative estimate of drug-likeness (QED) is 0.804. The van der Waals surface area contributed by atoms with E-state index in [1.54, 1.807) is 24.5 Å². The van der Waals surface area contributed by atoms with Crippen molar-refractivity contribution in [2.24, 2.45) is 0 Å². The number of pyridine rings is 1. The molecule has 0 fully saturated rings. The first-order valence-electron chi connectivity index (χ1n) is 6.37. The molecular weight excluding hydrogens is 270 g/mol. The van der Waals surface area contributed by atoms with E-state index in [1.807, 2.05) is 24.3 Å². The Morgan fingerprint density at radius 3 is 2.19 bits per heavy atom. The number of rotatable bonds is 4. The molecule has 6 nitrogen and oxygen atoms in total. The summed E-state index contributed by atoms with van der Waals surface area (Å²) in [4.78, 5) is 26.2. The highest BCUT2D eigenvalue weighted by Crippen LogP contribution is 2.20. The third-order valence-electron chi connectivity index (χ3n) is 2.90. The predicted octanol–water partition coefficient (Wildman–Crippen LogP) is 2.34. The molecule has 0 unspecified atom stereocenters. The van der Waals surface area contributed by atoms with Gasteiger partial charge in [-0.05, 0) is 42.3 Å². The average Bonchev–Trinajstić information content (AvgIpc) is 2.48. The molecule has 1 atom stereocenters. The normalized spacial score (nSPS) is 11.5. The zero-order valence-corrected chi connectivity index (χ0v) is 11.4. The molecular formula is C15H15N3O3. The number of benzene rings is 1. The van der Waals surface area contributed by atoms with Gasteiger partial charge in [-0.3, -0.25) is 9.78 Å². The summed E-state index contributed by atoms with van der Waals surface area (Å²) < 4.78 is 0. The first-order chi connectivity index (χ1) is 10.1. The molecule has 0 aliphatic rings. The van der Waals surface area contributed by atoms with Gasteiger partial charge in [-0.25, -0.2) is 4.79 Å². The Balaban J connectivity index is 2.03. The zero-order valence-electron chi connectivity index (χ0n) is 11.4. The highest BCUT2D eigenvalue weighted by Gasteiger charge is 2.14. The van der Waals surface area contributed by atoms with Crippen LogP contribution in [0.15, 0.2) is 48.8 Å². The summed E-state index contributed by atoms with van der Waals surface area (Å²) >= 11 is 0. The average molecular weight is 285 g/mol. The number of carboxylic acid groups (broad SMARTS) is 1. The van der Waals surface area contributed by atoms with Crippen LogP contribution in [0.1, 0.15) is 6.92 Å². The van der Waals surface area contributed by atoms with E-state index in [9.17, 15) is 9.59 Å². The van der Waals surface area contributed by atoms with E-state index in [0.717, 1.165) is 11.1 Å². The lowest BCUT2D eigenvalue weighted by molar-refractivity contribution is -0.117.